The van der Waals surface area contributed by atoms with Gasteiger partial charge >= 0.3 is 0 Å². The fourth-order valence-corrected chi connectivity index (χ4v) is 1.60. The van der Waals surface area contributed by atoms with E-state index in [1.54, 1.807) is 13.2 Å². The van der Waals surface area contributed by atoms with E-state index in [4.69, 9.17) is 9.47 Å². The number of carbonyl (C=O) groups is 1. The molecule has 0 saturated heterocycles. The van der Waals surface area contributed by atoms with Crippen molar-refractivity contribution in [2.75, 3.05) is 7.11 Å². The Morgan fingerprint density at radius 1 is 1.26 bits per heavy atom. The lowest BCUT2D eigenvalue weighted by Gasteiger charge is -2.20. The third-order valence-corrected chi connectivity index (χ3v) is 2.98. The summed E-state index contributed by atoms with van der Waals surface area (Å²) in [5.74, 6) is 1.29. The van der Waals surface area contributed by atoms with Gasteiger partial charge in [-0.25, -0.2) is 0 Å². The maximum Gasteiger partial charge on any atom is 0.261 e. The Morgan fingerprint density at radius 3 is 2.53 bits per heavy atom. The summed E-state index contributed by atoms with van der Waals surface area (Å²) >= 11 is 0. The van der Waals surface area contributed by atoms with E-state index in [-0.39, 0.29) is 11.9 Å². The first-order chi connectivity index (χ1) is 9.10. The zero-order valence-electron chi connectivity index (χ0n) is 12.1. The molecule has 0 bridgehead atoms. The molecule has 0 radical (unpaired) electrons. The van der Waals surface area contributed by atoms with E-state index in [1.165, 1.54) is 0 Å². The minimum Gasteiger partial charge on any atom is -0.497 e. The number of amides is 1. The molecule has 0 unspecified atom stereocenters. The van der Waals surface area contributed by atoms with Crippen molar-refractivity contribution in [3.8, 4) is 11.5 Å². The van der Waals surface area contributed by atoms with Gasteiger partial charge in [-0.15, -0.1) is 0 Å². The zero-order valence-corrected chi connectivity index (χ0v) is 12.1. The van der Waals surface area contributed by atoms with Crippen LogP contribution in [0.15, 0.2) is 24.3 Å². The Hall–Kier alpha value is -1.71. The van der Waals surface area contributed by atoms with Crippen LogP contribution in [0.4, 0.5) is 0 Å². The van der Waals surface area contributed by atoms with Crippen LogP contribution in [0.1, 0.15) is 33.6 Å². The fourth-order valence-electron chi connectivity index (χ4n) is 1.60. The number of benzene rings is 1. The summed E-state index contributed by atoms with van der Waals surface area (Å²) in [7, 11) is 1.60. The summed E-state index contributed by atoms with van der Waals surface area (Å²) < 4.78 is 10.9. The van der Waals surface area contributed by atoms with Crippen LogP contribution in [-0.2, 0) is 4.79 Å². The van der Waals surface area contributed by atoms with Crippen molar-refractivity contribution in [1.82, 2.24) is 5.32 Å². The summed E-state index contributed by atoms with van der Waals surface area (Å²) in [6.07, 6.45) is 1.06. The molecule has 0 aliphatic heterocycles. The molecule has 0 aromatic heterocycles. The van der Waals surface area contributed by atoms with Gasteiger partial charge in [0.1, 0.15) is 11.5 Å². The van der Waals surface area contributed by atoms with Crippen molar-refractivity contribution in [3.63, 3.8) is 0 Å². The summed E-state index contributed by atoms with van der Waals surface area (Å²) in [6.45, 7) is 5.95. The second-order valence-electron chi connectivity index (χ2n) is 4.51. The number of nitrogens with one attached hydrogen (secondary N) is 1. The fraction of sp³-hybridized carbons (Fsp3) is 0.533. The normalized spacial score (nSPS) is 13.5. The Balaban J connectivity index is 2.67. The van der Waals surface area contributed by atoms with Crippen molar-refractivity contribution >= 4 is 5.91 Å². The van der Waals surface area contributed by atoms with Crippen molar-refractivity contribution in [2.45, 2.75) is 45.8 Å². The molecule has 1 N–H and O–H groups in total. The minimum absolute atomic E-state index is 0.0698. The largest absolute Gasteiger partial charge is 0.497 e. The lowest BCUT2D eigenvalue weighted by atomic mass is 10.2. The van der Waals surface area contributed by atoms with Crippen LogP contribution in [0.5, 0.6) is 11.5 Å². The molecule has 4 nitrogen and oxygen atoms in total. The Kier molecular flexibility index (Phi) is 6.19. The van der Waals surface area contributed by atoms with Crippen LogP contribution in [0.2, 0.25) is 0 Å². The summed E-state index contributed by atoms with van der Waals surface area (Å²) in [4.78, 5) is 12.0. The van der Waals surface area contributed by atoms with Gasteiger partial charge in [0.2, 0.25) is 0 Å². The number of methoxy groups -OCH3 is 1. The van der Waals surface area contributed by atoms with Gasteiger partial charge in [-0.3, -0.25) is 4.79 Å². The standard InChI is InChI=1S/C15H23NO3/c1-5-11(3)16-15(17)14(6-2)19-13-9-7-8-12(10-13)18-4/h7-11,14H,5-6H2,1-4H3,(H,16,17)/t11-,14-/m0/s1. The highest BCUT2D eigenvalue weighted by Gasteiger charge is 2.19. The van der Waals surface area contributed by atoms with E-state index in [9.17, 15) is 4.79 Å². The molecule has 1 aromatic carbocycles. The van der Waals surface area contributed by atoms with Gasteiger partial charge in [-0.1, -0.05) is 19.9 Å². The predicted octanol–water partition coefficient (Wildman–Crippen LogP) is 2.77. The van der Waals surface area contributed by atoms with E-state index in [1.807, 2.05) is 39.0 Å². The SMILES string of the molecule is CC[C@H](Oc1cccc(OC)c1)C(=O)N[C@@H](C)CC. The lowest BCUT2D eigenvalue weighted by Crippen LogP contribution is -2.42. The smallest absolute Gasteiger partial charge is 0.261 e. The summed E-state index contributed by atoms with van der Waals surface area (Å²) in [6, 6.07) is 7.44. The molecule has 0 fully saturated rings. The average molecular weight is 265 g/mol. The van der Waals surface area contributed by atoms with Crippen LogP contribution in [0.3, 0.4) is 0 Å². The molecule has 0 aliphatic rings. The second kappa shape index (κ2) is 7.67. The highest BCUT2D eigenvalue weighted by molar-refractivity contribution is 5.81. The molecule has 1 amide bonds. The number of hydrogen-bond donors (Lipinski definition) is 1. The van der Waals surface area contributed by atoms with Crippen molar-refractivity contribution in [1.29, 1.82) is 0 Å². The molecule has 0 aliphatic carbocycles. The van der Waals surface area contributed by atoms with Crippen molar-refractivity contribution in [3.05, 3.63) is 24.3 Å². The molecule has 4 heteroatoms. The van der Waals surface area contributed by atoms with Gasteiger partial charge < -0.3 is 14.8 Å². The van der Waals surface area contributed by atoms with Gasteiger partial charge in [0.05, 0.1) is 7.11 Å². The van der Waals surface area contributed by atoms with E-state index >= 15 is 0 Å². The van der Waals surface area contributed by atoms with E-state index in [0.717, 1.165) is 12.2 Å². The quantitative estimate of drug-likeness (QED) is 0.824. The molecular formula is C15H23NO3. The summed E-state index contributed by atoms with van der Waals surface area (Å²) in [5, 5.41) is 2.93. The van der Waals surface area contributed by atoms with Gasteiger partial charge in [0, 0.05) is 12.1 Å². The Labute approximate surface area is 115 Å². The van der Waals surface area contributed by atoms with Gasteiger partial charge in [0.15, 0.2) is 6.10 Å². The third-order valence-electron chi connectivity index (χ3n) is 2.98. The second-order valence-corrected chi connectivity index (χ2v) is 4.51. The van der Waals surface area contributed by atoms with Crippen LogP contribution in [0, 0.1) is 0 Å². The minimum atomic E-state index is -0.471. The number of hydrogen-bond acceptors (Lipinski definition) is 3. The van der Waals surface area contributed by atoms with E-state index in [0.29, 0.717) is 12.2 Å². The van der Waals surface area contributed by atoms with E-state index < -0.39 is 6.10 Å². The van der Waals surface area contributed by atoms with Gasteiger partial charge in [0.25, 0.3) is 5.91 Å². The monoisotopic (exact) mass is 265 g/mol. The topological polar surface area (TPSA) is 47.6 Å². The molecule has 0 saturated carbocycles. The highest BCUT2D eigenvalue weighted by atomic mass is 16.5. The maximum absolute atomic E-state index is 12.0. The predicted molar refractivity (Wildman–Crippen MR) is 75.6 cm³/mol. The maximum atomic E-state index is 12.0. The van der Waals surface area contributed by atoms with Crippen LogP contribution in [-0.4, -0.2) is 25.2 Å². The number of carbonyl (C=O) groups excluding carboxylic acids is 1. The van der Waals surface area contributed by atoms with Crippen molar-refractivity contribution in [2.24, 2.45) is 0 Å². The van der Waals surface area contributed by atoms with Gasteiger partial charge in [-0.05, 0) is 31.9 Å². The molecule has 106 valence electrons. The number of ether oxygens (including phenoxy) is 2. The molecule has 2 atom stereocenters. The third kappa shape index (κ3) is 4.81. The molecule has 1 rings (SSSR count). The van der Waals surface area contributed by atoms with Crippen molar-refractivity contribution < 1.29 is 14.3 Å². The first-order valence-electron chi connectivity index (χ1n) is 6.71. The first-order valence-corrected chi connectivity index (χ1v) is 6.71. The first kappa shape index (κ1) is 15.3. The highest BCUT2D eigenvalue weighted by Crippen LogP contribution is 2.20. The molecule has 0 spiro atoms. The van der Waals surface area contributed by atoms with Crippen LogP contribution < -0.4 is 14.8 Å². The molecule has 19 heavy (non-hydrogen) atoms. The van der Waals surface area contributed by atoms with Crippen LogP contribution >= 0.6 is 0 Å². The Bertz CT molecular complexity index is 406. The summed E-state index contributed by atoms with van der Waals surface area (Å²) in [5.41, 5.74) is 0. The Morgan fingerprint density at radius 2 is 1.95 bits per heavy atom. The van der Waals surface area contributed by atoms with Gasteiger partial charge in [-0.2, -0.15) is 0 Å². The molecular weight excluding hydrogens is 242 g/mol. The lowest BCUT2D eigenvalue weighted by molar-refractivity contribution is -0.128. The molecule has 1 aromatic rings. The van der Waals surface area contributed by atoms with Crippen LogP contribution in [0.25, 0.3) is 0 Å². The molecule has 0 heterocycles. The number of rotatable bonds is 7. The average Bonchev–Trinajstić information content (AvgIpc) is 2.44. The zero-order chi connectivity index (χ0) is 14.3. The van der Waals surface area contributed by atoms with E-state index in [2.05, 4.69) is 5.32 Å².